The smallest absolute Gasteiger partial charge is 0.122 e. The molecule has 0 fully saturated rings. The van der Waals surface area contributed by atoms with Crippen LogP contribution in [0.15, 0.2) is 48.8 Å². The van der Waals surface area contributed by atoms with Crippen molar-refractivity contribution in [1.29, 1.82) is 0 Å². The number of hydrogen-bond donors (Lipinski definition) is 3. The van der Waals surface area contributed by atoms with E-state index in [1.807, 2.05) is 24.4 Å². The van der Waals surface area contributed by atoms with Gasteiger partial charge in [-0.25, -0.2) is 4.98 Å². The largest absolute Gasteiger partial charge is 0.508 e. The molecule has 0 spiro atoms. The maximum absolute atomic E-state index is 9.69. The molecule has 2 aromatic carbocycles. The number of benzene rings is 2. The molecule has 0 bridgehead atoms. The van der Waals surface area contributed by atoms with Crippen LogP contribution in [-0.2, 0) is 6.42 Å². The van der Waals surface area contributed by atoms with E-state index in [4.69, 9.17) is 9.72 Å². The standard InChI is InChI=1S/C19H16N4O2/c24-15-2-4-18-12(6-15)5-13(10-25-18)19-22-16-3-1-11(7-17(16)23-19)14-8-20-21-9-14/h1-4,6-9,13,24H,5,10H2,(H,20,21)(H,22,23). The summed E-state index contributed by atoms with van der Waals surface area (Å²) >= 11 is 0. The fraction of sp³-hybridized carbons (Fsp3) is 0.158. The van der Waals surface area contributed by atoms with Gasteiger partial charge in [-0.2, -0.15) is 5.10 Å². The Morgan fingerprint density at radius 2 is 2.08 bits per heavy atom. The summed E-state index contributed by atoms with van der Waals surface area (Å²) in [6.07, 6.45) is 4.46. The predicted octanol–water partition coefficient (Wildman–Crippen LogP) is 3.38. The number of nitrogens with one attached hydrogen (secondary N) is 2. The Balaban J connectivity index is 1.49. The molecule has 124 valence electrons. The molecule has 0 aliphatic carbocycles. The van der Waals surface area contributed by atoms with Crippen molar-refractivity contribution in [3.63, 3.8) is 0 Å². The molecule has 4 aromatic rings. The average molecular weight is 332 g/mol. The zero-order valence-corrected chi connectivity index (χ0v) is 13.4. The molecule has 1 aliphatic rings. The Bertz CT molecular complexity index is 1050. The van der Waals surface area contributed by atoms with Gasteiger partial charge in [-0.15, -0.1) is 0 Å². The summed E-state index contributed by atoms with van der Waals surface area (Å²) in [4.78, 5) is 8.16. The van der Waals surface area contributed by atoms with E-state index in [1.165, 1.54) is 0 Å². The summed E-state index contributed by atoms with van der Waals surface area (Å²) < 4.78 is 5.84. The monoisotopic (exact) mass is 332 g/mol. The maximum Gasteiger partial charge on any atom is 0.122 e. The van der Waals surface area contributed by atoms with E-state index in [2.05, 4.69) is 21.2 Å². The predicted molar refractivity (Wildman–Crippen MR) is 93.7 cm³/mol. The number of imidazole rings is 1. The van der Waals surface area contributed by atoms with Crippen molar-refractivity contribution < 1.29 is 9.84 Å². The summed E-state index contributed by atoms with van der Waals surface area (Å²) in [5.41, 5.74) is 5.07. The summed E-state index contributed by atoms with van der Waals surface area (Å²) in [7, 11) is 0. The Hall–Kier alpha value is -3.28. The highest BCUT2D eigenvalue weighted by atomic mass is 16.5. The highest BCUT2D eigenvalue weighted by molar-refractivity contribution is 5.81. The number of rotatable bonds is 2. The molecule has 6 nitrogen and oxygen atoms in total. The molecule has 1 unspecified atom stereocenters. The highest BCUT2D eigenvalue weighted by Gasteiger charge is 2.24. The van der Waals surface area contributed by atoms with Crippen molar-refractivity contribution in [3.05, 3.63) is 60.2 Å². The fourth-order valence-corrected chi connectivity index (χ4v) is 3.37. The summed E-state index contributed by atoms with van der Waals surface area (Å²) in [5, 5.41) is 16.5. The van der Waals surface area contributed by atoms with Gasteiger partial charge < -0.3 is 14.8 Å². The first-order chi connectivity index (χ1) is 12.3. The number of nitrogens with zero attached hydrogens (tertiary/aromatic N) is 2. The molecule has 3 heterocycles. The molecule has 25 heavy (non-hydrogen) atoms. The number of aromatic amines is 2. The molecule has 0 radical (unpaired) electrons. The Morgan fingerprint density at radius 3 is 2.96 bits per heavy atom. The first-order valence-electron chi connectivity index (χ1n) is 8.20. The molecule has 3 N–H and O–H groups in total. The normalized spacial score (nSPS) is 16.6. The van der Waals surface area contributed by atoms with Crippen molar-refractivity contribution in [2.24, 2.45) is 0 Å². The molecule has 1 atom stereocenters. The Kier molecular flexibility index (Phi) is 3.03. The van der Waals surface area contributed by atoms with Crippen LogP contribution in [0.25, 0.3) is 22.2 Å². The van der Waals surface area contributed by atoms with Gasteiger partial charge in [-0.3, -0.25) is 5.10 Å². The van der Waals surface area contributed by atoms with Crippen LogP contribution in [0.4, 0.5) is 0 Å². The topological polar surface area (TPSA) is 86.8 Å². The minimum Gasteiger partial charge on any atom is -0.508 e. The van der Waals surface area contributed by atoms with Crippen LogP contribution in [-0.4, -0.2) is 31.9 Å². The van der Waals surface area contributed by atoms with Gasteiger partial charge in [0.05, 0.1) is 29.8 Å². The number of aromatic nitrogens is 4. The van der Waals surface area contributed by atoms with E-state index < -0.39 is 0 Å². The van der Waals surface area contributed by atoms with Crippen LogP contribution in [0.3, 0.4) is 0 Å². The average Bonchev–Trinajstić information content (AvgIpc) is 3.30. The molecular weight excluding hydrogens is 316 g/mol. The zero-order chi connectivity index (χ0) is 16.8. The number of fused-ring (bicyclic) bond motifs is 2. The number of aromatic hydroxyl groups is 1. The van der Waals surface area contributed by atoms with Gasteiger partial charge in [0.1, 0.15) is 17.3 Å². The first-order valence-corrected chi connectivity index (χ1v) is 8.20. The number of hydrogen-bond acceptors (Lipinski definition) is 4. The van der Waals surface area contributed by atoms with Crippen molar-refractivity contribution in [1.82, 2.24) is 20.2 Å². The van der Waals surface area contributed by atoms with Crippen LogP contribution in [0, 0.1) is 0 Å². The molecule has 2 aromatic heterocycles. The SMILES string of the molecule is Oc1ccc2c(c1)CC(c1nc3ccc(-c4cn[nH]c4)cc3[nH]1)CO2. The molecule has 1 aliphatic heterocycles. The second-order valence-electron chi connectivity index (χ2n) is 6.35. The van der Waals surface area contributed by atoms with Crippen LogP contribution in [0.1, 0.15) is 17.3 Å². The summed E-state index contributed by atoms with van der Waals surface area (Å²) in [5.74, 6) is 2.15. The third kappa shape index (κ3) is 2.42. The number of phenols is 1. The van der Waals surface area contributed by atoms with Gasteiger partial charge in [0, 0.05) is 11.8 Å². The summed E-state index contributed by atoms with van der Waals surface area (Å²) in [6, 6.07) is 11.4. The van der Waals surface area contributed by atoms with Crippen molar-refractivity contribution in [2.75, 3.05) is 6.61 Å². The van der Waals surface area contributed by atoms with Crippen LogP contribution < -0.4 is 4.74 Å². The lowest BCUT2D eigenvalue weighted by Gasteiger charge is -2.24. The first kappa shape index (κ1) is 14.1. The molecule has 0 saturated heterocycles. The van der Waals surface area contributed by atoms with E-state index in [0.717, 1.165) is 45.7 Å². The quantitative estimate of drug-likeness (QED) is 0.525. The fourth-order valence-electron chi connectivity index (χ4n) is 3.37. The highest BCUT2D eigenvalue weighted by Crippen LogP contribution is 2.34. The Morgan fingerprint density at radius 1 is 1.12 bits per heavy atom. The van der Waals surface area contributed by atoms with E-state index in [0.29, 0.717) is 6.61 Å². The van der Waals surface area contributed by atoms with Crippen molar-refractivity contribution >= 4 is 11.0 Å². The maximum atomic E-state index is 9.69. The third-order valence-corrected chi connectivity index (χ3v) is 4.67. The van der Waals surface area contributed by atoms with Gasteiger partial charge in [-0.05, 0) is 47.9 Å². The van der Waals surface area contributed by atoms with Gasteiger partial charge in [-0.1, -0.05) is 6.07 Å². The van der Waals surface area contributed by atoms with Gasteiger partial charge in [0.2, 0.25) is 0 Å². The molecular formula is C19H16N4O2. The minimum absolute atomic E-state index is 0.138. The molecule has 6 heteroatoms. The van der Waals surface area contributed by atoms with E-state index in [9.17, 15) is 5.11 Å². The van der Waals surface area contributed by atoms with Gasteiger partial charge in [0.15, 0.2) is 0 Å². The molecule has 0 saturated carbocycles. The van der Waals surface area contributed by atoms with Crippen LogP contribution >= 0.6 is 0 Å². The molecule has 5 rings (SSSR count). The summed E-state index contributed by atoms with van der Waals surface area (Å²) in [6.45, 7) is 0.576. The lowest BCUT2D eigenvalue weighted by Crippen LogP contribution is -2.20. The number of H-pyrrole nitrogens is 2. The third-order valence-electron chi connectivity index (χ3n) is 4.67. The van der Waals surface area contributed by atoms with Crippen LogP contribution in [0.2, 0.25) is 0 Å². The van der Waals surface area contributed by atoms with Crippen molar-refractivity contribution in [3.8, 4) is 22.6 Å². The zero-order valence-electron chi connectivity index (χ0n) is 13.4. The van der Waals surface area contributed by atoms with E-state index >= 15 is 0 Å². The lowest BCUT2D eigenvalue weighted by molar-refractivity contribution is 0.258. The second-order valence-corrected chi connectivity index (χ2v) is 6.35. The van der Waals surface area contributed by atoms with E-state index in [-0.39, 0.29) is 11.7 Å². The van der Waals surface area contributed by atoms with E-state index in [1.54, 1.807) is 18.3 Å². The van der Waals surface area contributed by atoms with Gasteiger partial charge in [0.25, 0.3) is 0 Å². The number of ether oxygens (including phenoxy) is 1. The number of phenolic OH excluding ortho intramolecular Hbond substituents is 1. The van der Waals surface area contributed by atoms with Crippen molar-refractivity contribution in [2.45, 2.75) is 12.3 Å². The lowest BCUT2D eigenvalue weighted by atomic mass is 9.96. The van der Waals surface area contributed by atoms with Crippen LogP contribution in [0.5, 0.6) is 11.5 Å². The van der Waals surface area contributed by atoms with Gasteiger partial charge >= 0.3 is 0 Å². The second kappa shape index (κ2) is 5.37. The Labute approximate surface area is 143 Å². The molecule has 0 amide bonds. The minimum atomic E-state index is 0.138.